The number of nitrogens with one attached hydrogen (secondary N) is 1. The molecule has 4 heterocycles. The van der Waals surface area contributed by atoms with Gasteiger partial charge in [-0.2, -0.15) is 19.0 Å². The van der Waals surface area contributed by atoms with Crippen molar-refractivity contribution in [1.82, 2.24) is 34.2 Å². The first-order valence-electron chi connectivity index (χ1n) is 16.4. The smallest absolute Gasteiger partial charge is 0.387 e. The fourth-order valence-corrected chi connectivity index (χ4v) is 6.25. The van der Waals surface area contributed by atoms with Crippen molar-refractivity contribution in [3.63, 3.8) is 0 Å². The summed E-state index contributed by atoms with van der Waals surface area (Å²) < 4.78 is 40.3. The average Bonchev–Trinajstić information content (AvgIpc) is 3.73. The topological polar surface area (TPSA) is 119 Å². The summed E-state index contributed by atoms with van der Waals surface area (Å²) in [6, 6.07) is 14.0. The number of amides is 2. The van der Waals surface area contributed by atoms with Gasteiger partial charge in [-0.1, -0.05) is 35.4 Å². The summed E-state index contributed by atoms with van der Waals surface area (Å²) in [7, 11) is 0. The molecule has 5 aromatic rings. The lowest BCUT2D eigenvalue weighted by atomic mass is 10.0. The van der Waals surface area contributed by atoms with Crippen LogP contribution in [0.5, 0.6) is 11.5 Å². The van der Waals surface area contributed by atoms with Crippen LogP contribution in [0, 0.1) is 6.92 Å². The fourth-order valence-electron chi connectivity index (χ4n) is 6.08. The third-order valence-corrected chi connectivity index (χ3v) is 8.84. The summed E-state index contributed by atoms with van der Waals surface area (Å²) in [5, 5.41) is 11.7. The van der Waals surface area contributed by atoms with E-state index in [2.05, 4.69) is 32.0 Å². The van der Waals surface area contributed by atoms with Gasteiger partial charge in [-0.3, -0.25) is 19.2 Å². The Morgan fingerprint density at radius 1 is 1.18 bits per heavy atom. The summed E-state index contributed by atoms with van der Waals surface area (Å²) in [6.07, 6.45) is 9.43. The fraction of sp³-hybridized carbons (Fsp3) is 0.306. The van der Waals surface area contributed by atoms with Crippen LogP contribution in [-0.2, 0) is 11.3 Å². The van der Waals surface area contributed by atoms with E-state index in [4.69, 9.17) is 21.1 Å². The number of carbonyl (C=O) groups excluding carboxylic acids is 2. The minimum Gasteiger partial charge on any atom is -0.492 e. The van der Waals surface area contributed by atoms with Gasteiger partial charge in [0, 0.05) is 61.4 Å². The largest absolute Gasteiger partial charge is 0.492 e. The average molecular weight is 719 g/mol. The molecular weight excluding hydrogens is 682 g/mol. The number of rotatable bonds is 14. The maximum atomic E-state index is 13.6. The number of hydrogen-bond acceptors (Lipinski definition) is 8. The van der Waals surface area contributed by atoms with Crippen molar-refractivity contribution in [1.29, 1.82) is 0 Å². The molecule has 1 fully saturated rings. The molecule has 1 saturated heterocycles. The standard InChI is InChI=1S/C36H37ClF2N8O4/c1-3-14-44(18-19-50-27-8-5-24(2)6-9-27)26-11-16-45(17-12-26)32(48)23-46-22-30(42-35(49)29-21-41-47-15-4-13-40-34(29)47)33(43-46)28-20-25(37)7-10-31(28)51-36(38)39/h3-10,13,15,20-22,26,36H,1,11-12,14,16-19,23H2,2H3,(H,42,49). The molecule has 51 heavy (non-hydrogen) atoms. The molecule has 1 aliphatic rings. The number of halogens is 3. The Morgan fingerprint density at radius 2 is 1.96 bits per heavy atom. The first-order chi connectivity index (χ1) is 24.7. The molecule has 3 aromatic heterocycles. The minimum atomic E-state index is -3.12. The number of aromatic nitrogens is 5. The number of ether oxygens (including phenoxy) is 2. The third kappa shape index (κ3) is 8.70. The highest BCUT2D eigenvalue weighted by atomic mass is 35.5. The normalized spacial score (nSPS) is 13.6. The van der Waals surface area contributed by atoms with Gasteiger partial charge in [0.2, 0.25) is 5.91 Å². The Morgan fingerprint density at radius 3 is 2.71 bits per heavy atom. The molecule has 0 radical (unpaired) electrons. The van der Waals surface area contributed by atoms with Gasteiger partial charge in [-0.05, 0) is 56.2 Å². The van der Waals surface area contributed by atoms with Crippen molar-refractivity contribution in [2.24, 2.45) is 0 Å². The number of benzene rings is 2. The second-order valence-electron chi connectivity index (χ2n) is 12.1. The number of hydrogen-bond donors (Lipinski definition) is 1. The van der Waals surface area contributed by atoms with Gasteiger partial charge in [-0.25, -0.2) is 9.50 Å². The van der Waals surface area contributed by atoms with E-state index < -0.39 is 12.5 Å². The minimum absolute atomic E-state index is 0.0883. The van der Waals surface area contributed by atoms with Crippen LogP contribution in [0.2, 0.25) is 5.02 Å². The van der Waals surface area contributed by atoms with E-state index in [1.807, 2.05) is 37.3 Å². The van der Waals surface area contributed by atoms with Crippen molar-refractivity contribution in [2.75, 3.05) is 38.1 Å². The Kier molecular flexibility index (Phi) is 11.2. The van der Waals surface area contributed by atoms with E-state index in [1.165, 1.54) is 51.6 Å². The van der Waals surface area contributed by atoms with Crippen LogP contribution >= 0.6 is 11.6 Å². The predicted molar refractivity (Wildman–Crippen MR) is 188 cm³/mol. The first-order valence-corrected chi connectivity index (χ1v) is 16.8. The molecular formula is C36H37ClF2N8O4. The van der Waals surface area contributed by atoms with Crippen LogP contribution in [-0.4, -0.2) is 91.4 Å². The van der Waals surface area contributed by atoms with Crippen molar-refractivity contribution in [3.05, 3.63) is 102 Å². The first kappa shape index (κ1) is 35.5. The lowest BCUT2D eigenvalue weighted by Gasteiger charge is -2.38. The maximum Gasteiger partial charge on any atom is 0.387 e. The maximum absolute atomic E-state index is 13.6. The lowest BCUT2D eigenvalue weighted by molar-refractivity contribution is -0.133. The Labute approximate surface area is 298 Å². The van der Waals surface area contributed by atoms with Gasteiger partial charge in [0.15, 0.2) is 5.65 Å². The highest BCUT2D eigenvalue weighted by Crippen LogP contribution is 2.37. The quantitative estimate of drug-likeness (QED) is 0.140. The molecule has 1 N–H and O–H groups in total. The molecule has 0 saturated carbocycles. The number of likely N-dealkylation sites (tertiary alicyclic amines) is 1. The Balaban J connectivity index is 1.16. The molecule has 12 nitrogen and oxygen atoms in total. The molecule has 0 unspecified atom stereocenters. The SMILES string of the molecule is C=CCN(CCOc1ccc(C)cc1)C1CCN(C(=O)Cn2cc(NC(=O)c3cnn4cccnc34)c(-c3cc(Cl)ccc3OC(F)F)n2)CC1. The number of carbonyl (C=O) groups is 2. The summed E-state index contributed by atoms with van der Waals surface area (Å²) in [5.41, 5.74) is 2.01. The molecule has 0 bridgehead atoms. The van der Waals surface area contributed by atoms with Crippen molar-refractivity contribution >= 4 is 34.7 Å². The van der Waals surface area contributed by atoms with Gasteiger partial charge in [-0.15, -0.1) is 6.58 Å². The van der Waals surface area contributed by atoms with Gasteiger partial charge in [0.05, 0.1) is 11.9 Å². The monoisotopic (exact) mass is 718 g/mol. The molecule has 1 aliphatic heterocycles. The molecule has 266 valence electrons. The van der Waals surface area contributed by atoms with Crippen LogP contribution in [0.25, 0.3) is 16.9 Å². The zero-order valence-electron chi connectivity index (χ0n) is 27.9. The Hall–Kier alpha value is -5.34. The van der Waals surface area contributed by atoms with Gasteiger partial charge in [0.1, 0.15) is 35.9 Å². The van der Waals surface area contributed by atoms with Crippen LogP contribution in [0.1, 0.15) is 28.8 Å². The molecule has 0 spiro atoms. The third-order valence-electron chi connectivity index (χ3n) is 8.61. The molecule has 0 atom stereocenters. The van der Waals surface area contributed by atoms with E-state index >= 15 is 0 Å². The van der Waals surface area contributed by atoms with E-state index in [0.29, 0.717) is 31.9 Å². The summed E-state index contributed by atoms with van der Waals surface area (Å²) >= 11 is 6.25. The van der Waals surface area contributed by atoms with E-state index in [1.54, 1.807) is 17.2 Å². The summed E-state index contributed by atoms with van der Waals surface area (Å²) in [4.78, 5) is 35.3. The van der Waals surface area contributed by atoms with Crippen LogP contribution < -0.4 is 14.8 Å². The lowest BCUT2D eigenvalue weighted by Crippen LogP contribution is -2.48. The van der Waals surface area contributed by atoms with Crippen LogP contribution in [0.15, 0.2) is 86.0 Å². The summed E-state index contributed by atoms with van der Waals surface area (Å²) in [6.45, 7) is 5.70. The predicted octanol–water partition coefficient (Wildman–Crippen LogP) is 5.97. The van der Waals surface area contributed by atoms with E-state index in [0.717, 1.165) is 25.1 Å². The zero-order chi connectivity index (χ0) is 35.9. The van der Waals surface area contributed by atoms with E-state index in [9.17, 15) is 18.4 Å². The number of piperidine rings is 1. The number of nitrogens with zero attached hydrogens (tertiary/aromatic N) is 7. The summed E-state index contributed by atoms with van der Waals surface area (Å²) in [5.74, 6) is -0.121. The number of aryl methyl sites for hydroxylation is 1. The molecule has 6 rings (SSSR count). The van der Waals surface area contributed by atoms with Crippen molar-refractivity contribution in [3.8, 4) is 22.8 Å². The second kappa shape index (κ2) is 16.1. The highest BCUT2D eigenvalue weighted by Gasteiger charge is 2.28. The van der Waals surface area contributed by atoms with Gasteiger partial charge >= 0.3 is 6.61 Å². The number of fused-ring (bicyclic) bond motifs is 1. The molecule has 2 amide bonds. The van der Waals surface area contributed by atoms with Crippen molar-refractivity contribution < 1.29 is 27.8 Å². The van der Waals surface area contributed by atoms with Crippen LogP contribution in [0.4, 0.5) is 14.5 Å². The second-order valence-corrected chi connectivity index (χ2v) is 12.5. The van der Waals surface area contributed by atoms with Gasteiger partial charge in [0.25, 0.3) is 5.91 Å². The number of anilines is 1. The zero-order valence-corrected chi connectivity index (χ0v) is 28.7. The van der Waals surface area contributed by atoms with E-state index in [-0.39, 0.29) is 51.8 Å². The number of alkyl halides is 2. The van der Waals surface area contributed by atoms with Crippen LogP contribution in [0.3, 0.4) is 0 Å². The van der Waals surface area contributed by atoms with Gasteiger partial charge < -0.3 is 19.7 Å². The molecule has 0 aliphatic carbocycles. The van der Waals surface area contributed by atoms with Crippen molar-refractivity contribution in [2.45, 2.75) is 39.0 Å². The molecule has 2 aromatic carbocycles. The highest BCUT2D eigenvalue weighted by molar-refractivity contribution is 6.31. The Bertz CT molecular complexity index is 1990. The molecule has 15 heteroatoms.